The Morgan fingerprint density at radius 3 is 2.77 bits per heavy atom. The van der Waals surface area contributed by atoms with Gasteiger partial charge in [-0.15, -0.1) is 12.4 Å². The lowest BCUT2D eigenvalue weighted by Crippen LogP contribution is -2.47. The van der Waals surface area contributed by atoms with Crippen LogP contribution in [0.1, 0.15) is 23.2 Å². The molecule has 2 heterocycles. The largest absolute Gasteiger partial charge is 0.384 e. The van der Waals surface area contributed by atoms with Crippen LogP contribution in [-0.4, -0.2) is 49.5 Å². The summed E-state index contributed by atoms with van der Waals surface area (Å²) in [5.74, 6) is -0.656. The summed E-state index contributed by atoms with van der Waals surface area (Å²) in [7, 11) is 1.68. The average Bonchev–Trinajstić information content (AvgIpc) is 3.11. The Morgan fingerprint density at radius 2 is 2.08 bits per heavy atom. The summed E-state index contributed by atoms with van der Waals surface area (Å²) >= 11 is 0. The van der Waals surface area contributed by atoms with E-state index in [4.69, 9.17) is 4.74 Å². The summed E-state index contributed by atoms with van der Waals surface area (Å²) in [5, 5.41) is 13.0. The summed E-state index contributed by atoms with van der Waals surface area (Å²) in [5.41, 5.74) is 0.990. The fourth-order valence-electron chi connectivity index (χ4n) is 3.33. The molecule has 1 aliphatic heterocycles. The molecular formula is C18H24ClFN4O2. The Bertz CT molecular complexity index is 726. The second-order valence-electron chi connectivity index (χ2n) is 6.50. The number of aromatic nitrogens is 2. The lowest BCUT2D eigenvalue weighted by atomic mass is 9.79. The van der Waals surface area contributed by atoms with Crippen molar-refractivity contribution in [3.63, 3.8) is 0 Å². The molecule has 1 aromatic carbocycles. The number of carbonyl (C=O) groups is 1. The maximum atomic E-state index is 14.0. The third-order valence-corrected chi connectivity index (χ3v) is 4.77. The summed E-state index contributed by atoms with van der Waals surface area (Å²) < 4.78 is 19.4. The minimum Gasteiger partial charge on any atom is -0.384 e. The van der Waals surface area contributed by atoms with E-state index < -0.39 is 5.82 Å². The van der Waals surface area contributed by atoms with Gasteiger partial charge in [0.2, 0.25) is 0 Å². The first-order valence-electron chi connectivity index (χ1n) is 8.41. The second kappa shape index (κ2) is 9.12. The molecule has 0 spiro atoms. The molecule has 0 bridgehead atoms. The molecule has 142 valence electrons. The number of hydrogen-bond acceptors (Lipinski definition) is 4. The predicted octanol–water partition coefficient (Wildman–Crippen LogP) is 2.38. The zero-order chi connectivity index (χ0) is 17.7. The van der Waals surface area contributed by atoms with Crippen LogP contribution in [-0.2, 0) is 4.74 Å². The van der Waals surface area contributed by atoms with E-state index in [-0.39, 0.29) is 23.7 Å². The molecule has 1 aliphatic rings. The number of methoxy groups -OCH3 is 1. The summed E-state index contributed by atoms with van der Waals surface area (Å²) in [6, 6.07) is 6.32. The van der Waals surface area contributed by atoms with Gasteiger partial charge in [0.15, 0.2) is 0 Å². The van der Waals surface area contributed by atoms with Crippen LogP contribution < -0.4 is 10.6 Å². The average molecular weight is 383 g/mol. The molecule has 0 atom stereocenters. The van der Waals surface area contributed by atoms with Crippen LogP contribution >= 0.6 is 12.4 Å². The first-order valence-corrected chi connectivity index (χ1v) is 8.41. The molecule has 0 aliphatic carbocycles. The fraction of sp³-hybridized carbons (Fsp3) is 0.444. The zero-order valence-corrected chi connectivity index (χ0v) is 15.5. The van der Waals surface area contributed by atoms with E-state index in [1.165, 1.54) is 12.3 Å². The lowest BCUT2D eigenvalue weighted by molar-refractivity contribution is 0.0512. The van der Waals surface area contributed by atoms with Gasteiger partial charge in [-0.3, -0.25) is 9.89 Å². The third kappa shape index (κ3) is 4.41. The van der Waals surface area contributed by atoms with Crippen molar-refractivity contribution in [2.75, 3.05) is 33.4 Å². The van der Waals surface area contributed by atoms with Crippen LogP contribution in [0.15, 0.2) is 30.5 Å². The molecule has 1 fully saturated rings. The highest BCUT2D eigenvalue weighted by Gasteiger charge is 2.33. The van der Waals surface area contributed by atoms with Crippen molar-refractivity contribution in [1.29, 1.82) is 0 Å². The van der Waals surface area contributed by atoms with E-state index in [9.17, 15) is 9.18 Å². The van der Waals surface area contributed by atoms with Gasteiger partial charge >= 0.3 is 0 Å². The minimum absolute atomic E-state index is 0. The minimum atomic E-state index is -0.394. The molecule has 1 aromatic heterocycles. The van der Waals surface area contributed by atoms with Gasteiger partial charge in [-0.05, 0) is 38.1 Å². The monoisotopic (exact) mass is 382 g/mol. The maximum absolute atomic E-state index is 14.0. The summed E-state index contributed by atoms with van der Waals surface area (Å²) in [6.07, 6.45) is 3.31. The molecule has 8 heteroatoms. The number of piperidine rings is 1. The Balaban J connectivity index is 0.00000243. The van der Waals surface area contributed by atoms with Gasteiger partial charge in [-0.2, -0.15) is 5.10 Å². The normalized spacial score (nSPS) is 15.9. The Morgan fingerprint density at radius 1 is 1.35 bits per heavy atom. The first kappa shape index (κ1) is 20.4. The van der Waals surface area contributed by atoms with E-state index in [1.807, 2.05) is 0 Å². The molecule has 0 saturated carbocycles. The van der Waals surface area contributed by atoms with Crippen LogP contribution in [0.4, 0.5) is 4.39 Å². The summed E-state index contributed by atoms with van der Waals surface area (Å²) in [4.78, 5) is 12.7. The van der Waals surface area contributed by atoms with Crippen molar-refractivity contribution in [3.8, 4) is 11.3 Å². The van der Waals surface area contributed by atoms with Crippen molar-refractivity contribution in [2.24, 2.45) is 5.41 Å². The molecular weight excluding hydrogens is 359 g/mol. The number of amides is 1. The SMILES string of the molecule is COCC1(CNC(=O)c2cn[nH]c2-c2ccccc2F)CCNCC1.Cl. The van der Waals surface area contributed by atoms with Crippen LogP contribution in [0.25, 0.3) is 11.3 Å². The number of benzene rings is 1. The highest BCUT2D eigenvalue weighted by atomic mass is 35.5. The van der Waals surface area contributed by atoms with Gasteiger partial charge in [0.1, 0.15) is 5.82 Å². The standard InChI is InChI=1S/C18H23FN4O2.ClH/c1-25-12-18(6-8-20-9-7-18)11-21-17(24)14-10-22-23-16(14)13-4-2-3-5-15(13)19;/h2-5,10,20H,6-9,11-12H2,1H3,(H,21,24)(H,22,23);1H. The van der Waals surface area contributed by atoms with Crippen molar-refractivity contribution in [3.05, 3.63) is 41.8 Å². The number of hydrogen-bond donors (Lipinski definition) is 3. The molecule has 1 saturated heterocycles. The smallest absolute Gasteiger partial charge is 0.255 e. The Labute approximate surface area is 158 Å². The van der Waals surface area contributed by atoms with Gasteiger partial charge < -0.3 is 15.4 Å². The van der Waals surface area contributed by atoms with Gasteiger partial charge in [0, 0.05) is 24.6 Å². The fourth-order valence-corrected chi connectivity index (χ4v) is 3.33. The molecule has 2 aromatic rings. The Kier molecular flexibility index (Phi) is 7.14. The second-order valence-corrected chi connectivity index (χ2v) is 6.50. The molecule has 0 radical (unpaired) electrons. The van der Waals surface area contributed by atoms with Gasteiger partial charge in [-0.25, -0.2) is 4.39 Å². The van der Waals surface area contributed by atoms with Crippen molar-refractivity contribution in [2.45, 2.75) is 12.8 Å². The number of H-pyrrole nitrogens is 1. The van der Waals surface area contributed by atoms with Crippen LogP contribution in [0.5, 0.6) is 0 Å². The number of rotatable bonds is 6. The highest BCUT2D eigenvalue weighted by Crippen LogP contribution is 2.29. The van der Waals surface area contributed by atoms with Crippen LogP contribution in [0.2, 0.25) is 0 Å². The lowest BCUT2D eigenvalue weighted by Gasteiger charge is -2.37. The predicted molar refractivity (Wildman–Crippen MR) is 100.0 cm³/mol. The highest BCUT2D eigenvalue weighted by molar-refractivity contribution is 5.99. The van der Waals surface area contributed by atoms with Gasteiger partial charge in [0.05, 0.1) is 24.1 Å². The molecule has 1 amide bonds. The molecule has 6 nitrogen and oxygen atoms in total. The van der Waals surface area contributed by atoms with E-state index in [0.29, 0.717) is 30.0 Å². The number of halogens is 2. The number of carbonyl (C=O) groups excluding carboxylic acids is 1. The first-order chi connectivity index (χ1) is 12.2. The maximum Gasteiger partial charge on any atom is 0.255 e. The van der Waals surface area contributed by atoms with Crippen LogP contribution in [0, 0.1) is 11.2 Å². The summed E-state index contributed by atoms with van der Waals surface area (Å²) in [6.45, 7) is 2.93. The zero-order valence-electron chi connectivity index (χ0n) is 14.7. The topological polar surface area (TPSA) is 79.0 Å². The van der Waals surface area contributed by atoms with Crippen molar-refractivity contribution >= 4 is 18.3 Å². The molecule has 26 heavy (non-hydrogen) atoms. The van der Waals surface area contributed by atoms with Crippen molar-refractivity contribution in [1.82, 2.24) is 20.8 Å². The van der Waals surface area contributed by atoms with Crippen molar-refractivity contribution < 1.29 is 13.9 Å². The van der Waals surface area contributed by atoms with E-state index in [1.54, 1.807) is 25.3 Å². The molecule has 3 N–H and O–H groups in total. The third-order valence-electron chi connectivity index (χ3n) is 4.77. The van der Waals surface area contributed by atoms with E-state index in [2.05, 4.69) is 20.8 Å². The van der Waals surface area contributed by atoms with Crippen LogP contribution in [0.3, 0.4) is 0 Å². The van der Waals surface area contributed by atoms with Gasteiger partial charge in [-0.1, -0.05) is 12.1 Å². The molecule has 0 unspecified atom stereocenters. The van der Waals surface area contributed by atoms with E-state index >= 15 is 0 Å². The van der Waals surface area contributed by atoms with E-state index in [0.717, 1.165) is 25.9 Å². The number of aromatic amines is 1. The Hall–Kier alpha value is -1.96. The number of nitrogens with one attached hydrogen (secondary N) is 3. The quantitative estimate of drug-likeness (QED) is 0.716. The molecule has 3 rings (SSSR count). The number of ether oxygens (including phenoxy) is 1. The number of nitrogens with zero attached hydrogens (tertiary/aromatic N) is 1. The van der Waals surface area contributed by atoms with Gasteiger partial charge in [0.25, 0.3) is 5.91 Å².